The van der Waals surface area contributed by atoms with Gasteiger partial charge in [0.15, 0.2) is 0 Å². The number of aliphatic hydroxyl groups excluding tert-OH is 2. The molecule has 0 spiro atoms. The van der Waals surface area contributed by atoms with Gasteiger partial charge in [-0.05, 0) is 56.0 Å². The molecule has 2 rings (SSSR count). The fraction of sp³-hybridized carbons (Fsp3) is 0.478. The highest BCUT2D eigenvalue weighted by molar-refractivity contribution is 6.31. The van der Waals surface area contributed by atoms with Crippen LogP contribution in [0, 0.1) is 0 Å². The maximum Gasteiger partial charge on any atom is 0.119 e. The van der Waals surface area contributed by atoms with E-state index in [1.807, 2.05) is 50.3 Å². The van der Waals surface area contributed by atoms with E-state index in [1.165, 1.54) is 5.56 Å². The van der Waals surface area contributed by atoms with E-state index in [2.05, 4.69) is 6.58 Å². The Balaban J connectivity index is 1.88. The van der Waals surface area contributed by atoms with Crippen molar-refractivity contribution >= 4 is 11.6 Å². The molecular weight excluding hydrogens is 376 g/mol. The Hall–Kier alpha value is -1.59. The van der Waals surface area contributed by atoms with Gasteiger partial charge < -0.3 is 19.7 Å². The summed E-state index contributed by atoms with van der Waals surface area (Å²) in [6, 6.07) is 8.04. The van der Waals surface area contributed by atoms with Gasteiger partial charge in [-0.1, -0.05) is 42.0 Å². The molecule has 1 aliphatic heterocycles. The van der Waals surface area contributed by atoms with Crippen LogP contribution in [0.2, 0.25) is 0 Å². The molecule has 0 bridgehead atoms. The number of hydrogen-bond donors (Lipinski definition) is 2. The summed E-state index contributed by atoms with van der Waals surface area (Å²) in [6.07, 6.45) is 5.20. The van der Waals surface area contributed by atoms with E-state index in [-0.39, 0.29) is 18.8 Å². The number of allylic oxidation sites excluding steroid dienone is 4. The molecule has 0 unspecified atom stereocenters. The molecule has 0 saturated carbocycles. The van der Waals surface area contributed by atoms with Crippen molar-refractivity contribution in [3.63, 3.8) is 0 Å². The van der Waals surface area contributed by atoms with Gasteiger partial charge in [0.2, 0.25) is 0 Å². The average Bonchev–Trinajstić information content (AvgIpc) is 2.68. The maximum absolute atomic E-state index is 9.92. The molecule has 1 aromatic rings. The summed E-state index contributed by atoms with van der Waals surface area (Å²) in [7, 11) is 0. The predicted octanol–water partition coefficient (Wildman–Crippen LogP) is 4.54. The summed E-state index contributed by atoms with van der Waals surface area (Å²) in [6.45, 7) is 8.63. The Morgan fingerprint density at radius 2 is 2.04 bits per heavy atom. The van der Waals surface area contributed by atoms with Crippen LogP contribution in [0.5, 0.6) is 5.75 Å². The lowest BCUT2D eigenvalue weighted by atomic mass is 9.95. The molecule has 154 valence electrons. The first-order chi connectivity index (χ1) is 13.4. The van der Waals surface area contributed by atoms with Crippen molar-refractivity contribution in [1.29, 1.82) is 0 Å². The topological polar surface area (TPSA) is 58.9 Å². The van der Waals surface area contributed by atoms with Gasteiger partial charge in [-0.3, -0.25) is 0 Å². The summed E-state index contributed by atoms with van der Waals surface area (Å²) in [5.74, 6) is 0.871. The number of hydrogen-bond acceptors (Lipinski definition) is 4. The van der Waals surface area contributed by atoms with Gasteiger partial charge in [0.25, 0.3) is 0 Å². The van der Waals surface area contributed by atoms with Crippen LogP contribution in [-0.4, -0.2) is 41.7 Å². The highest BCUT2D eigenvalue weighted by atomic mass is 35.5. The van der Waals surface area contributed by atoms with Gasteiger partial charge in [0.05, 0.1) is 31.5 Å². The van der Waals surface area contributed by atoms with E-state index >= 15 is 0 Å². The normalized spacial score (nSPS) is 23.5. The zero-order valence-corrected chi connectivity index (χ0v) is 17.5. The average molecular weight is 407 g/mol. The summed E-state index contributed by atoms with van der Waals surface area (Å²) >= 11 is 6.43. The number of aliphatic hydroxyl groups is 2. The lowest BCUT2D eigenvalue weighted by Gasteiger charge is -2.33. The van der Waals surface area contributed by atoms with Crippen LogP contribution >= 0.6 is 11.6 Å². The summed E-state index contributed by atoms with van der Waals surface area (Å²) < 4.78 is 11.2. The lowest BCUT2D eigenvalue weighted by molar-refractivity contribution is -0.0978. The third-order valence-electron chi connectivity index (χ3n) is 4.79. The number of benzene rings is 1. The van der Waals surface area contributed by atoms with Gasteiger partial charge in [0.1, 0.15) is 5.75 Å². The van der Waals surface area contributed by atoms with Crippen LogP contribution in [-0.2, 0) is 11.2 Å². The van der Waals surface area contributed by atoms with Crippen LogP contribution in [0.1, 0.15) is 38.7 Å². The first kappa shape index (κ1) is 22.7. The van der Waals surface area contributed by atoms with Crippen molar-refractivity contribution in [3.8, 4) is 5.75 Å². The summed E-state index contributed by atoms with van der Waals surface area (Å²) in [5.41, 5.74) is 3.14. The first-order valence-electron chi connectivity index (χ1n) is 9.78. The first-order valence-corrected chi connectivity index (χ1v) is 10.2. The molecular formula is C23H31ClO4. The minimum absolute atomic E-state index is 0.0873. The molecule has 0 aliphatic carbocycles. The molecule has 0 aromatic heterocycles. The lowest BCUT2D eigenvalue weighted by Crippen LogP contribution is -2.38. The van der Waals surface area contributed by atoms with Gasteiger partial charge in [-0.25, -0.2) is 0 Å². The molecule has 2 N–H and O–H groups in total. The molecule has 1 aliphatic rings. The van der Waals surface area contributed by atoms with Crippen LogP contribution < -0.4 is 4.74 Å². The van der Waals surface area contributed by atoms with E-state index in [1.54, 1.807) is 0 Å². The fourth-order valence-electron chi connectivity index (χ4n) is 3.22. The van der Waals surface area contributed by atoms with E-state index in [0.29, 0.717) is 30.9 Å². The Morgan fingerprint density at radius 1 is 1.32 bits per heavy atom. The molecule has 1 aromatic carbocycles. The highest BCUT2D eigenvalue weighted by Gasteiger charge is 2.28. The van der Waals surface area contributed by atoms with Crippen molar-refractivity contribution in [2.75, 3.05) is 13.2 Å². The second kappa shape index (κ2) is 11.4. The second-order valence-corrected chi connectivity index (χ2v) is 7.61. The zero-order valence-electron chi connectivity index (χ0n) is 16.7. The van der Waals surface area contributed by atoms with Crippen molar-refractivity contribution in [2.45, 2.75) is 57.8 Å². The fourth-order valence-corrected chi connectivity index (χ4v) is 3.37. The largest absolute Gasteiger partial charge is 0.494 e. The third-order valence-corrected chi connectivity index (χ3v) is 5.24. The predicted molar refractivity (Wildman–Crippen MR) is 114 cm³/mol. The number of ether oxygens (including phenoxy) is 2. The second-order valence-electron chi connectivity index (χ2n) is 7.20. The molecule has 1 saturated heterocycles. The minimum Gasteiger partial charge on any atom is -0.494 e. The molecule has 28 heavy (non-hydrogen) atoms. The van der Waals surface area contributed by atoms with Crippen molar-refractivity contribution in [2.24, 2.45) is 0 Å². The smallest absolute Gasteiger partial charge is 0.119 e. The SMILES string of the molecule is C=C(C/C=C\C(Cl)=C(/C)Cc1ccc(OCC)cc1)[C@H]1C[C@@H](O)C[C@@H](CO)O1. The van der Waals surface area contributed by atoms with E-state index in [4.69, 9.17) is 21.1 Å². The van der Waals surface area contributed by atoms with Gasteiger partial charge in [0, 0.05) is 17.9 Å². The Kier molecular flexibility index (Phi) is 9.26. The molecule has 5 heteroatoms. The minimum atomic E-state index is -0.462. The number of rotatable bonds is 9. The van der Waals surface area contributed by atoms with Crippen LogP contribution in [0.3, 0.4) is 0 Å². The monoisotopic (exact) mass is 406 g/mol. The van der Waals surface area contributed by atoms with Crippen molar-refractivity contribution < 1.29 is 19.7 Å². The summed E-state index contributed by atoms with van der Waals surface area (Å²) in [5, 5.41) is 19.9. The van der Waals surface area contributed by atoms with E-state index in [9.17, 15) is 10.2 Å². The van der Waals surface area contributed by atoms with E-state index in [0.717, 1.165) is 23.3 Å². The third kappa shape index (κ3) is 7.10. The van der Waals surface area contributed by atoms with Crippen LogP contribution in [0.25, 0.3) is 0 Å². The Labute approximate surface area is 173 Å². The molecule has 4 nitrogen and oxygen atoms in total. The Morgan fingerprint density at radius 3 is 2.68 bits per heavy atom. The number of halogens is 1. The summed E-state index contributed by atoms with van der Waals surface area (Å²) in [4.78, 5) is 0. The zero-order chi connectivity index (χ0) is 20.5. The van der Waals surface area contributed by atoms with Gasteiger partial charge in [-0.2, -0.15) is 0 Å². The molecule has 3 atom stereocenters. The van der Waals surface area contributed by atoms with Crippen LogP contribution in [0.4, 0.5) is 0 Å². The highest BCUT2D eigenvalue weighted by Crippen LogP contribution is 2.26. The quantitative estimate of drug-likeness (QED) is 0.466. The Bertz CT molecular complexity index is 693. The van der Waals surface area contributed by atoms with Crippen LogP contribution in [0.15, 0.2) is 59.2 Å². The van der Waals surface area contributed by atoms with Gasteiger partial charge in [-0.15, -0.1) is 0 Å². The van der Waals surface area contributed by atoms with Gasteiger partial charge >= 0.3 is 0 Å². The maximum atomic E-state index is 9.92. The van der Waals surface area contributed by atoms with Crippen molar-refractivity contribution in [3.05, 3.63) is 64.7 Å². The van der Waals surface area contributed by atoms with Crippen molar-refractivity contribution in [1.82, 2.24) is 0 Å². The molecule has 1 fully saturated rings. The molecule has 0 amide bonds. The molecule has 0 radical (unpaired) electrons. The molecule has 1 heterocycles. The van der Waals surface area contributed by atoms with E-state index < -0.39 is 6.10 Å². The standard InChI is InChI=1S/C23H31ClO4/c1-4-27-20-10-8-18(9-11-20)12-17(3)22(24)7-5-6-16(2)23-14-19(26)13-21(15-25)28-23/h5,7-11,19,21,23,25-26H,2,4,6,12-15H2,1,3H3/b7-5-,22-17-/t19-,21-,23+/m0/s1.